The largest absolute Gasteiger partial charge is 0.756 e. The Bertz CT molecular complexity index is 1330. The lowest BCUT2D eigenvalue weighted by Crippen LogP contribution is -2.47. The van der Waals surface area contributed by atoms with Gasteiger partial charge in [0.05, 0.1) is 33.8 Å². The molecule has 3 atom stereocenters. The summed E-state index contributed by atoms with van der Waals surface area (Å²) >= 11 is 0. The Morgan fingerprint density at radius 3 is 1.39 bits per heavy atom. The average Bonchev–Trinajstić information content (AvgIpc) is 3.31. The van der Waals surface area contributed by atoms with E-state index in [-0.39, 0.29) is 24.9 Å². The van der Waals surface area contributed by atoms with Crippen LogP contribution in [0.4, 0.5) is 0 Å². The molecule has 69 heavy (non-hydrogen) atoms. The molecule has 0 saturated heterocycles. The van der Waals surface area contributed by atoms with Crippen molar-refractivity contribution in [2.45, 2.75) is 277 Å². The third kappa shape index (κ3) is 50.7. The van der Waals surface area contributed by atoms with E-state index in [4.69, 9.17) is 13.8 Å². The number of hydrogen-bond acceptors (Lipinski definition) is 7. The van der Waals surface area contributed by atoms with E-state index in [0.29, 0.717) is 17.4 Å². The fraction of sp³-hybridized carbons (Fsp3) is 0.831. The van der Waals surface area contributed by atoms with Crippen LogP contribution in [-0.4, -0.2) is 69.4 Å². The number of esters is 1. The topological polar surface area (TPSA) is 114 Å². The van der Waals surface area contributed by atoms with Gasteiger partial charge in [0.25, 0.3) is 7.82 Å². The van der Waals surface area contributed by atoms with Gasteiger partial charge < -0.3 is 28.5 Å². The number of quaternary nitrogens is 1. The smallest absolute Gasteiger partial charge is 0.306 e. The van der Waals surface area contributed by atoms with E-state index in [1.165, 1.54) is 135 Å². The van der Waals surface area contributed by atoms with Gasteiger partial charge >= 0.3 is 5.97 Å². The van der Waals surface area contributed by atoms with Gasteiger partial charge in [-0.05, 0) is 83.1 Å². The minimum atomic E-state index is -4.69. The molecule has 0 aromatic rings. The molecule has 3 unspecified atom stereocenters. The van der Waals surface area contributed by atoms with Gasteiger partial charge in [0, 0.05) is 12.8 Å². The van der Waals surface area contributed by atoms with Gasteiger partial charge in [-0.2, -0.15) is 0 Å². The van der Waals surface area contributed by atoms with Crippen molar-refractivity contribution in [1.82, 2.24) is 5.32 Å². The Hall–Kier alpha value is -2.03. The van der Waals surface area contributed by atoms with E-state index in [0.717, 1.165) is 96.3 Å². The summed E-state index contributed by atoms with van der Waals surface area (Å²) in [6, 6.07) is -0.892. The molecule has 1 N–H and O–H groups in total. The fourth-order valence-electron chi connectivity index (χ4n) is 8.26. The van der Waals surface area contributed by atoms with E-state index in [1.807, 2.05) is 33.3 Å². The van der Waals surface area contributed by atoms with Gasteiger partial charge in [-0.1, -0.05) is 217 Å². The Balaban J connectivity index is 5.33. The second kappa shape index (κ2) is 49.5. The lowest BCUT2D eigenvalue weighted by molar-refractivity contribution is -0.870. The first-order chi connectivity index (χ1) is 33.4. The predicted molar refractivity (Wildman–Crippen MR) is 293 cm³/mol. The monoisotopic (exact) mass is 991 g/mol. The maximum Gasteiger partial charge on any atom is 0.306 e. The van der Waals surface area contributed by atoms with E-state index < -0.39 is 26.6 Å². The van der Waals surface area contributed by atoms with Crippen LogP contribution in [0.5, 0.6) is 0 Å². The summed E-state index contributed by atoms with van der Waals surface area (Å²) in [6.45, 7) is 6.73. The fourth-order valence-corrected chi connectivity index (χ4v) is 8.98. The second-order valence-corrected chi connectivity index (χ2v) is 22.2. The van der Waals surface area contributed by atoms with E-state index in [2.05, 4.69) is 62.5 Å². The molecule has 0 aliphatic rings. The Labute approximate surface area is 427 Å². The summed E-state index contributed by atoms with van der Waals surface area (Å²) in [4.78, 5) is 39.8. The van der Waals surface area contributed by atoms with Crippen molar-refractivity contribution in [3.8, 4) is 0 Å². The number of amides is 1. The van der Waals surface area contributed by atoms with Crippen LogP contribution in [0.1, 0.15) is 265 Å². The zero-order chi connectivity index (χ0) is 50.8. The van der Waals surface area contributed by atoms with Crippen LogP contribution < -0.4 is 10.2 Å². The number of carbonyl (C=O) groups excluding carboxylic acids is 2. The molecule has 0 radical (unpaired) electrons. The van der Waals surface area contributed by atoms with Gasteiger partial charge in [0.2, 0.25) is 5.91 Å². The third-order valence-electron chi connectivity index (χ3n) is 12.7. The second-order valence-electron chi connectivity index (χ2n) is 20.8. The number of phosphoric ester groups is 1. The maximum atomic E-state index is 13.5. The quantitative estimate of drug-likeness (QED) is 0.0212. The van der Waals surface area contributed by atoms with Crippen molar-refractivity contribution in [3.05, 3.63) is 48.6 Å². The first-order valence-electron chi connectivity index (χ1n) is 28.9. The highest BCUT2D eigenvalue weighted by Gasteiger charge is 2.27. The number of ether oxygens (including phenoxy) is 1. The van der Waals surface area contributed by atoms with Crippen LogP contribution in [0.25, 0.3) is 0 Å². The molecule has 1 amide bonds. The number of likely N-dealkylation sites (N-methyl/N-ethyl adjacent to an activating group) is 1. The zero-order valence-corrected chi connectivity index (χ0v) is 46.9. The van der Waals surface area contributed by atoms with Crippen LogP contribution in [0.3, 0.4) is 0 Å². The van der Waals surface area contributed by atoms with Gasteiger partial charge in [-0.3, -0.25) is 14.2 Å². The summed E-state index contributed by atoms with van der Waals surface area (Å²) < 4.78 is 30.2. The minimum absolute atomic E-state index is 0.0244. The average molecular weight is 992 g/mol. The molecule has 0 saturated carbocycles. The molecular weight excluding hydrogens is 880 g/mol. The van der Waals surface area contributed by atoms with Crippen molar-refractivity contribution in [2.75, 3.05) is 40.9 Å². The van der Waals surface area contributed by atoms with Gasteiger partial charge in [-0.15, -0.1) is 0 Å². The van der Waals surface area contributed by atoms with Crippen molar-refractivity contribution in [3.63, 3.8) is 0 Å². The summed E-state index contributed by atoms with van der Waals surface area (Å²) in [5.74, 6) is -0.551. The Kier molecular flexibility index (Phi) is 48.1. The molecule has 9 nitrogen and oxygen atoms in total. The number of carbonyl (C=O) groups is 2. The van der Waals surface area contributed by atoms with Gasteiger partial charge in [0.15, 0.2) is 0 Å². The highest BCUT2D eigenvalue weighted by molar-refractivity contribution is 7.45. The molecule has 0 aromatic heterocycles. The summed E-state index contributed by atoms with van der Waals surface area (Å²) in [6.07, 6.45) is 59.3. The van der Waals surface area contributed by atoms with E-state index in [1.54, 1.807) is 0 Å². The van der Waals surface area contributed by atoms with E-state index >= 15 is 0 Å². The normalized spacial score (nSPS) is 14.1. The van der Waals surface area contributed by atoms with Crippen molar-refractivity contribution < 1.29 is 37.3 Å². The Morgan fingerprint density at radius 2 is 0.928 bits per heavy atom. The number of nitrogens with one attached hydrogen (secondary N) is 1. The van der Waals surface area contributed by atoms with Gasteiger partial charge in [0.1, 0.15) is 19.3 Å². The first kappa shape index (κ1) is 67.0. The zero-order valence-electron chi connectivity index (χ0n) is 46.0. The lowest BCUT2D eigenvalue weighted by atomic mass is 10.0. The summed E-state index contributed by atoms with van der Waals surface area (Å²) in [5, 5.41) is 3.02. The molecule has 0 heterocycles. The molecule has 404 valence electrons. The van der Waals surface area contributed by atoms with Crippen molar-refractivity contribution in [1.29, 1.82) is 0 Å². The van der Waals surface area contributed by atoms with E-state index in [9.17, 15) is 19.0 Å². The molecular formula is C59H111N2O7P. The summed E-state index contributed by atoms with van der Waals surface area (Å²) in [5.41, 5.74) is 0. The lowest BCUT2D eigenvalue weighted by Gasteiger charge is -2.30. The molecule has 10 heteroatoms. The van der Waals surface area contributed by atoms with Crippen LogP contribution in [0.2, 0.25) is 0 Å². The molecule has 0 fully saturated rings. The van der Waals surface area contributed by atoms with Crippen LogP contribution >= 0.6 is 7.82 Å². The molecule has 0 spiro atoms. The number of unbranched alkanes of at least 4 members (excludes halogenated alkanes) is 30. The molecule has 0 aromatic carbocycles. The van der Waals surface area contributed by atoms with Crippen molar-refractivity contribution in [2.24, 2.45) is 0 Å². The number of nitrogens with zero attached hydrogens (tertiary/aromatic N) is 1. The highest BCUT2D eigenvalue weighted by Crippen LogP contribution is 2.38. The molecule has 0 aliphatic heterocycles. The molecule has 0 aliphatic carbocycles. The minimum Gasteiger partial charge on any atom is -0.756 e. The van der Waals surface area contributed by atoms with Crippen LogP contribution in [0, 0.1) is 0 Å². The maximum absolute atomic E-state index is 13.5. The molecule has 0 rings (SSSR count). The number of rotatable bonds is 52. The van der Waals surface area contributed by atoms with Crippen LogP contribution in [-0.2, 0) is 27.9 Å². The molecule has 0 bridgehead atoms. The SMILES string of the molecule is CC/C=C/C/C=C/CCCCCCCCCC(=O)OC(/C=C/CCCCCCCCCCCC)C(COP(=O)([O-])OCC[N+](C)(C)C)NC(=O)CCCCCCCCC/C=C/CCCCCCCC. The Morgan fingerprint density at radius 1 is 0.522 bits per heavy atom. The summed E-state index contributed by atoms with van der Waals surface area (Å²) in [7, 11) is 1.18. The first-order valence-corrected chi connectivity index (χ1v) is 30.4. The van der Waals surface area contributed by atoms with Crippen LogP contribution in [0.15, 0.2) is 48.6 Å². The number of allylic oxidation sites excluding steroid dienone is 7. The predicted octanol–water partition coefficient (Wildman–Crippen LogP) is 16.7. The number of hydrogen-bond donors (Lipinski definition) is 1. The number of phosphoric acid groups is 1. The standard InChI is InChI=1S/C59H111N2O7P/c1-7-10-13-16-19-22-25-28-30-31-32-33-36-39-42-45-48-51-58(62)60-56(55-67-69(64,65)66-54-53-61(4,5)6)57(50-47-44-41-38-35-27-24-21-18-15-12-9-3)68-59(63)52-49-46-43-40-37-34-29-26-23-20-17-14-11-8-2/h11,14,20,23,28,30,47,50,56-57H,7-10,12-13,15-19,21-22,24-27,29,31-46,48-49,51-55H2,1-6H3,(H-,60,62,64,65)/b14-11+,23-20+,30-28+,50-47+. The third-order valence-corrected chi connectivity index (χ3v) is 13.7. The van der Waals surface area contributed by atoms with Gasteiger partial charge in [-0.25, -0.2) is 0 Å². The van der Waals surface area contributed by atoms with Crippen molar-refractivity contribution >= 4 is 19.7 Å². The highest BCUT2D eigenvalue weighted by atomic mass is 31.2.